The molecule has 0 spiro atoms. The number of benzene rings is 1. The maximum absolute atomic E-state index is 12.4. The molecule has 3 aromatic rings. The Bertz CT molecular complexity index is 952. The van der Waals surface area contributed by atoms with Crippen molar-refractivity contribution in [3.05, 3.63) is 65.6 Å². The fourth-order valence-electron chi connectivity index (χ4n) is 4.38. The van der Waals surface area contributed by atoms with Crippen LogP contribution in [0.2, 0.25) is 0 Å². The van der Waals surface area contributed by atoms with Crippen molar-refractivity contribution in [3.8, 4) is 0 Å². The minimum absolute atomic E-state index is 0.0217. The number of anilines is 1. The van der Waals surface area contributed by atoms with E-state index in [1.165, 1.54) is 18.4 Å². The van der Waals surface area contributed by atoms with E-state index < -0.39 is 0 Å². The summed E-state index contributed by atoms with van der Waals surface area (Å²) < 4.78 is 3.99. The monoisotopic (exact) mass is 361 g/mol. The highest BCUT2D eigenvalue weighted by Gasteiger charge is 2.33. The molecule has 1 aliphatic heterocycles. The summed E-state index contributed by atoms with van der Waals surface area (Å²) in [7, 11) is 0. The summed E-state index contributed by atoms with van der Waals surface area (Å²) in [5, 5.41) is 12.2. The van der Waals surface area contributed by atoms with Gasteiger partial charge in [0.15, 0.2) is 0 Å². The van der Waals surface area contributed by atoms with Crippen LogP contribution in [-0.4, -0.2) is 25.5 Å². The summed E-state index contributed by atoms with van der Waals surface area (Å²) in [6, 6.07) is 10.7. The quantitative estimate of drug-likeness (QED) is 0.770. The highest BCUT2D eigenvalue weighted by atomic mass is 16.1. The topological polar surface area (TPSA) is 64.7 Å². The number of nitrogens with one attached hydrogen (secondary N) is 1. The SMILES string of the molecule is O=C1CC(c2cnn(Cc3ccccc3)c2)c2cnn(C3CCCC3)c2N1. The fourth-order valence-corrected chi connectivity index (χ4v) is 4.38. The molecule has 1 aromatic carbocycles. The summed E-state index contributed by atoms with van der Waals surface area (Å²) >= 11 is 0. The molecule has 6 nitrogen and oxygen atoms in total. The molecule has 1 aliphatic carbocycles. The molecule has 1 saturated carbocycles. The number of carbonyl (C=O) groups is 1. The van der Waals surface area contributed by atoms with Crippen molar-refractivity contribution in [2.45, 2.75) is 50.6 Å². The molecule has 1 N–H and O–H groups in total. The predicted molar refractivity (Wildman–Crippen MR) is 103 cm³/mol. The molecule has 1 fully saturated rings. The van der Waals surface area contributed by atoms with Gasteiger partial charge in [-0.3, -0.25) is 9.48 Å². The third-order valence-electron chi connectivity index (χ3n) is 5.76. The van der Waals surface area contributed by atoms with Crippen LogP contribution >= 0.6 is 0 Å². The van der Waals surface area contributed by atoms with Crippen LogP contribution in [0, 0.1) is 0 Å². The summed E-state index contributed by atoms with van der Waals surface area (Å²) in [6.45, 7) is 0.730. The molecular weight excluding hydrogens is 338 g/mol. The normalized spacial score (nSPS) is 19.9. The molecule has 0 bridgehead atoms. The van der Waals surface area contributed by atoms with E-state index >= 15 is 0 Å². The zero-order chi connectivity index (χ0) is 18.2. The molecule has 2 aromatic heterocycles. The van der Waals surface area contributed by atoms with Gasteiger partial charge in [-0.25, -0.2) is 4.68 Å². The summed E-state index contributed by atoms with van der Waals surface area (Å²) in [6.07, 6.45) is 11.1. The Balaban J connectivity index is 1.44. The van der Waals surface area contributed by atoms with E-state index in [9.17, 15) is 4.79 Å². The van der Waals surface area contributed by atoms with Crippen molar-refractivity contribution in [1.82, 2.24) is 19.6 Å². The van der Waals surface area contributed by atoms with Crippen molar-refractivity contribution >= 4 is 11.7 Å². The molecule has 138 valence electrons. The third-order valence-corrected chi connectivity index (χ3v) is 5.76. The molecule has 0 radical (unpaired) electrons. The van der Waals surface area contributed by atoms with Gasteiger partial charge in [-0.05, 0) is 24.0 Å². The number of aromatic nitrogens is 4. The van der Waals surface area contributed by atoms with Gasteiger partial charge in [0.2, 0.25) is 5.91 Å². The van der Waals surface area contributed by atoms with Gasteiger partial charge >= 0.3 is 0 Å². The van der Waals surface area contributed by atoms with Gasteiger partial charge in [0.25, 0.3) is 0 Å². The average Bonchev–Trinajstić information content (AvgIpc) is 3.42. The molecule has 1 amide bonds. The third kappa shape index (κ3) is 3.05. The Labute approximate surface area is 158 Å². The highest BCUT2D eigenvalue weighted by Crippen LogP contribution is 2.40. The molecule has 1 unspecified atom stereocenters. The van der Waals surface area contributed by atoms with Crippen molar-refractivity contribution in [1.29, 1.82) is 0 Å². The number of amides is 1. The first-order valence-electron chi connectivity index (χ1n) is 9.71. The number of hydrogen-bond donors (Lipinski definition) is 1. The Morgan fingerprint density at radius 2 is 1.89 bits per heavy atom. The van der Waals surface area contributed by atoms with E-state index in [0.29, 0.717) is 12.5 Å². The molecule has 2 aliphatic rings. The standard InChI is InChI=1S/C21H23N5O/c27-20-10-18(16-11-22-25(14-16)13-15-6-2-1-3-7-15)19-12-23-26(21(19)24-20)17-8-4-5-9-17/h1-3,6-7,11-12,14,17-18H,4-5,8-10,13H2,(H,24,27). The van der Waals surface area contributed by atoms with Crippen LogP contribution in [0.15, 0.2) is 48.9 Å². The Morgan fingerprint density at radius 3 is 2.70 bits per heavy atom. The zero-order valence-electron chi connectivity index (χ0n) is 15.2. The second-order valence-electron chi connectivity index (χ2n) is 7.59. The van der Waals surface area contributed by atoms with Crippen LogP contribution < -0.4 is 5.32 Å². The van der Waals surface area contributed by atoms with Gasteiger partial charge in [0.1, 0.15) is 5.82 Å². The highest BCUT2D eigenvalue weighted by molar-refractivity contribution is 5.94. The van der Waals surface area contributed by atoms with Crippen molar-refractivity contribution in [2.75, 3.05) is 5.32 Å². The lowest BCUT2D eigenvalue weighted by molar-refractivity contribution is -0.116. The predicted octanol–water partition coefficient (Wildman–Crippen LogP) is 3.72. The summed E-state index contributed by atoms with van der Waals surface area (Å²) in [5.41, 5.74) is 3.40. The molecule has 27 heavy (non-hydrogen) atoms. The number of nitrogens with zero attached hydrogens (tertiary/aromatic N) is 4. The maximum Gasteiger partial charge on any atom is 0.226 e. The molecule has 5 rings (SSSR count). The van der Waals surface area contributed by atoms with E-state index in [0.717, 1.165) is 36.3 Å². The van der Waals surface area contributed by atoms with Crippen LogP contribution in [0.4, 0.5) is 5.82 Å². The molecule has 3 heterocycles. The lowest BCUT2D eigenvalue weighted by atomic mass is 9.89. The van der Waals surface area contributed by atoms with E-state index in [1.54, 1.807) is 0 Å². The second kappa shape index (κ2) is 6.68. The Hall–Kier alpha value is -2.89. The number of fused-ring (bicyclic) bond motifs is 1. The Morgan fingerprint density at radius 1 is 1.07 bits per heavy atom. The van der Waals surface area contributed by atoms with Gasteiger partial charge in [-0.15, -0.1) is 0 Å². The minimum atomic E-state index is 0.0217. The molecular formula is C21H23N5O. The van der Waals surface area contributed by atoms with Crippen LogP contribution in [0.25, 0.3) is 0 Å². The summed E-state index contributed by atoms with van der Waals surface area (Å²) in [4.78, 5) is 12.4. The first-order valence-corrected chi connectivity index (χ1v) is 9.71. The number of carbonyl (C=O) groups excluding carboxylic acids is 1. The molecule has 6 heteroatoms. The molecule has 0 saturated heterocycles. The first kappa shape index (κ1) is 16.3. The lowest BCUT2D eigenvalue weighted by Gasteiger charge is -2.24. The number of rotatable bonds is 4. The van der Waals surface area contributed by atoms with Gasteiger partial charge in [0.05, 0.1) is 25.0 Å². The average molecular weight is 361 g/mol. The van der Waals surface area contributed by atoms with E-state index in [1.807, 2.05) is 40.0 Å². The maximum atomic E-state index is 12.4. The van der Waals surface area contributed by atoms with E-state index in [2.05, 4.69) is 33.8 Å². The van der Waals surface area contributed by atoms with E-state index in [4.69, 9.17) is 0 Å². The van der Waals surface area contributed by atoms with Gasteiger partial charge in [-0.2, -0.15) is 10.2 Å². The Kier molecular flexibility index (Phi) is 4.03. The molecule has 1 atom stereocenters. The van der Waals surface area contributed by atoms with Crippen LogP contribution in [0.1, 0.15) is 60.8 Å². The largest absolute Gasteiger partial charge is 0.311 e. The number of hydrogen-bond acceptors (Lipinski definition) is 3. The zero-order valence-corrected chi connectivity index (χ0v) is 15.2. The van der Waals surface area contributed by atoms with Crippen molar-refractivity contribution in [2.24, 2.45) is 0 Å². The summed E-state index contributed by atoms with van der Waals surface area (Å²) in [5.74, 6) is 0.968. The smallest absolute Gasteiger partial charge is 0.226 e. The second-order valence-corrected chi connectivity index (χ2v) is 7.59. The van der Waals surface area contributed by atoms with E-state index in [-0.39, 0.29) is 11.8 Å². The first-order chi connectivity index (χ1) is 13.3. The lowest BCUT2D eigenvalue weighted by Crippen LogP contribution is -2.25. The van der Waals surface area contributed by atoms with Crippen LogP contribution in [0.5, 0.6) is 0 Å². The van der Waals surface area contributed by atoms with Crippen molar-refractivity contribution < 1.29 is 4.79 Å². The minimum Gasteiger partial charge on any atom is -0.311 e. The van der Waals surface area contributed by atoms with Crippen molar-refractivity contribution in [3.63, 3.8) is 0 Å². The van der Waals surface area contributed by atoms with Crippen LogP contribution in [0.3, 0.4) is 0 Å². The van der Waals surface area contributed by atoms with Gasteiger partial charge < -0.3 is 5.32 Å². The fraction of sp³-hybridized carbons (Fsp3) is 0.381. The van der Waals surface area contributed by atoms with Gasteiger partial charge in [-0.1, -0.05) is 43.2 Å². The van der Waals surface area contributed by atoms with Crippen LogP contribution in [-0.2, 0) is 11.3 Å². The van der Waals surface area contributed by atoms with Gasteiger partial charge in [0, 0.05) is 24.1 Å².